The molecule has 9 N–H and O–H groups in total. The fourth-order valence-corrected chi connectivity index (χ4v) is 4.03. The number of carbonyl (C=O) groups excluding carboxylic acids is 3. The van der Waals surface area contributed by atoms with Crippen LogP contribution in [0.25, 0.3) is 10.9 Å². The first-order valence-electron chi connectivity index (χ1n) is 12.7. The van der Waals surface area contributed by atoms with Crippen molar-refractivity contribution in [3.63, 3.8) is 0 Å². The first-order chi connectivity index (χ1) is 17.5. The van der Waals surface area contributed by atoms with Crippen LogP contribution in [0, 0.1) is 5.92 Å². The van der Waals surface area contributed by atoms with Gasteiger partial charge in [-0.15, -0.1) is 0 Å². The van der Waals surface area contributed by atoms with Gasteiger partial charge in [-0.2, -0.15) is 0 Å². The number of hydrogen-bond acceptors (Lipinski definition) is 6. The molecule has 204 valence electrons. The van der Waals surface area contributed by atoms with Gasteiger partial charge in [-0.1, -0.05) is 32.0 Å². The second-order valence-corrected chi connectivity index (χ2v) is 9.79. The summed E-state index contributed by atoms with van der Waals surface area (Å²) in [6.45, 7) is 5.67. The highest BCUT2D eigenvalue weighted by Crippen LogP contribution is 2.19. The number of amides is 3. The largest absolute Gasteiger partial charge is 0.480 e. The predicted molar refractivity (Wildman–Crippen MR) is 141 cm³/mol. The Kier molecular flexibility index (Phi) is 11.5. The molecule has 1 aromatic carbocycles. The molecule has 2 aromatic rings. The van der Waals surface area contributed by atoms with E-state index in [1.807, 2.05) is 38.1 Å². The number of aromatic amines is 1. The zero-order chi connectivity index (χ0) is 27.5. The number of rotatable bonds is 15. The van der Waals surface area contributed by atoms with Crippen LogP contribution >= 0.6 is 0 Å². The number of fused-ring (bicyclic) bond motifs is 1. The van der Waals surface area contributed by atoms with Crippen molar-refractivity contribution in [3.05, 3.63) is 36.0 Å². The van der Waals surface area contributed by atoms with E-state index in [4.69, 9.17) is 11.5 Å². The number of para-hydroxylation sites is 1. The standard InChI is InChI=1S/C26H40N6O5/c1-15(2)12-22(26(36)37)32-25(35)21(13-17-14-29-19-9-5-4-8-18(17)19)31-24(34)20(10-6-7-11-27)30-23(33)16(3)28/h4-5,8-9,14-16,20-22,29H,6-7,10-13,27-28H2,1-3H3,(H,30,33)(H,31,34)(H,32,35)(H,36,37). The van der Waals surface area contributed by atoms with Crippen LogP contribution in [0.2, 0.25) is 0 Å². The minimum absolute atomic E-state index is 0.0310. The molecular weight excluding hydrogens is 476 g/mol. The van der Waals surface area contributed by atoms with E-state index in [0.29, 0.717) is 25.8 Å². The number of nitrogens with one attached hydrogen (secondary N) is 4. The van der Waals surface area contributed by atoms with E-state index in [1.165, 1.54) is 6.92 Å². The lowest BCUT2D eigenvalue weighted by atomic mass is 10.0. The number of unbranched alkanes of at least 4 members (excludes halogenated alkanes) is 1. The lowest BCUT2D eigenvalue weighted by Gasteiger charge is -2.25. The normalized spacial score (nSPS) is 14.5. The van der Waals surface area contributed by atoms with Gasteiger partial charge >= 0.3 is 5.97 Å². The Bertz CT molecular complexity index is 1070. The van der Waals surface area contributed by atoms with Crippen molar-refractivity contribution in [1.82, 2.24) is 20.9 Å². The summed E-state index contributed by atoms with van der Waals surface area (Å²) < 4.78 is 0. The van der Waals surface area contributed by atoms with E-state index in [0.717, 1.165) is 16.5 Å². The van der Waals surface area contributed by atoms with Crippen LogP contribution in [0.1, 0.15) is 52.0 Å². The molecule has 0 aliphatic heterocycles. The molecule has 0 saturated heterocycles. The van der Waals surface area contributed by atoms with Gasteiger partial charge in [-0.3, -0.25) is 14.4 Å². The highest BCUT2D eigenvalue weighted by Gasteiger charge is 2.30. The van der Waals surface area contributed by atoms with E-state index in [2.05, 4.69) is 20.9 Å². The fourth-order valence-electron chi connectivity index (χ4n) is 4.03. The smallest absolute Gasteiger partial charge is 0.326 e. The monoisotopic (exact) mass is 516 g/mol. The molecule has 1 aromatic heterocycles. The van der Waals surface area contributed by atoms with Gasteiger partial charge in [0, 0.05) is 23.5 Å². The third-order valence-electron chi connectivity index (χ3n) is 6.05. The molecule has 2 rings (SSSR count). The Morgan fingerprint density at radius 1 is 0.919 bits per heavy atom. The Morgan fingerprint density at radius 3 is 2.16 bits per heavy atom. The van der Waals surface area contributed by atoms with E-state index in [-0.39, 0.29) is 18.8 Å². The lowest BCUT2D eigenvalue weighted by Crippen LogP contribution is -2.57. The number of benzene rings is 1. The molecule has 4 unspecified atom stereocenters. The first kappa shape index (κ1) is 29.8. The van der Waals surface area contributed by atoms with E-state index in [1.54, 1.807) is 6.20 Å². The van der Waals surface area contributed by atoms with Crippen LogP contribution in [0.3, 0.4) is 0 Å². The lowest BCUT2D eigenvalue weighted by molar-refractivity contribution is -0.142. The minimum atomic E-state index is -1.15. The molecule has 0 saturated carbocycles. The van der Waals surface area contributed by atoms with Crippen LogP contribution in [0.5, 0.6) is 0 Å². The van der Waals surface area contributed by atoms with Crippen LogP contribution in [-0.2, 0) is 25.6 Å². The number of carbonyl (C=O) groups is 4. The molecule has 0 aliphatic rings. The molecule has 3 amide bonds. The molecule has 0 aliphatic carbocycles. The number of carboxylic acids is 1. The van der Waals surface area contributed by atoms with E-state index >= 15 is 0 Å². The zero-order valence-electron chi connectivity index (χ0n) is 21.8. The van der Waals surface area contributed by atoms with Gasteiger partial charge in [-0.05, 0) is 56.7 Å². The maximum Gasteiger partial charge on any atom is 0.326 e. The summed E-state index contributed by atoms with van der Waals surface area (Å²) in [6, 6.07) is 3.62. The Morgan fingerprint density at radius 2 is 1.54 bits per heavy atom. The van der Waals surface area contributed by atoms with Crippen molar-refractivity contribution >= 4 is 34.6 Å². The Hall–Kier alpha value is -3.44. The number of carboxylic acid groups (broad SMARTS) is 1. The van der Waals surface area contributed by atoms with Crippen LogP contribution in [0.4, 0.5) is 0 Å². The van der Waals surface area contributed by atoms with Crippen LogP contribution < -0.4 is 27.4 Å². The van der Waals surface area contributed by atoms with Crippen molar-refractivity contribution in [3.8, 4) is 0 Å². The van der Waals surface area contributed by atoms with Gasteiger partial charge < -0.3 is 37.5 Å². The topological polar surface area (TPSA) is 192 Å². The maximum atomic E-state index is 13.3. The number of H-pyrrole nitrogens is 1. The summed E-state index contributed by atoms with van der Waals surface area (Å²) in [5.74, 6) is -2.78. The van der Waals surface area contributed by atoms with Gasteiger partial charge in [0.25, 0.3) is 0 Å². The fraction of sp³-hybridized carbons (Fsp3) is 0.538. The maximum absolute atomic E-state index is 13.3. The third-order valence-corrected chi connectivity index (χ3v) is 6.05. The van der Waals surface area contributed by atoms with Crippen LogP contribution in [0.15, 0.2) is 30.5 Å². The molecule has 1 heterocycles. The molecule has 0 bridgehead atoms. The average Bonchev–Trinajstić information content (AvgIpc) is 3.24. The van der Waals surface area contributed by atoms with Gasteiger partial charge in [0.1, 0.15) is 18.1 Å². The summed E-state index contributed by atoms with van der Waals surface area (Å²) in [5, 5.41) is 18.5. The van der Waals surface area contributed by atoms with E-state index in [9.17, 15) is 24.3 Å². The van der Waals surface area contributed by atoms with Crippen LogP contribution in [-0.4, -0.2) is 64.5 Å². The number of hydrogen-bond donors (Lipinski definition) is 7. The molecular formula is C26H40N6O5. The molecule has 37 heavy (non-hydrogen) atoms. The van der Waals surface area contributed by atoms with Crippen molar-refractivity contribution in [2.45, 2.75) is 77.0 Å². The van der Waals surface area contributed by atoms with Gasteiger partial charge in [0.15, 0.2) is 0 Å². The minimum Gasteiger partial charge on any atom is -0.480 e. The average molecular weight is 517 g/mol. The summed E-state index contributed by atoms with van der Waals surface area (Å²) in [6.07, 6.45) is 3.67. The van der Waals surface area contributed by atoms with Crippen molar-refractivity contribution < 1.29 is 24.3 Å². The summed E-state index contributed by atoms with van der Waals surface area (Å²) >= 11 is 0. The third kappa shape index (κ3) is 9.18. The summed E-state index contributed by atoms with van der Waals surface area (Å²) in [5.41, 5.74) is 12.9. The first-order valence-corrected chi connectivity index (χ1v) is 12.7. The molecule has 0 fully saturated rings. The number of aromatic nitrogens is 1. The molecule has 0 radical (unpaired) electrons. The predicted octanol–water partition coefficient (Wildman–Crippen LogP) is 0.772. The van der Waals surface area contributed by atoms with Crippen molar-refractivity contribution in [1.29, 1.82) is 0 Å². The highest BCUT2D eigenvalue weighted by molar-refractivity contribution is 5.94. The van der Waals surface area contributed by atoms with Crippen molar-refractivity contribution in [2.75, 3.05) is 6.54 Å². The van der Waals surface area contributed by atoms with E-state index < -0.39 is 47.9 Å². The SMILES string of the molecule is CC(C)CC(NC(=O)C(Cc1c[nH]c2ccccc12)NC(=O)C(CCCCN)NC(=O)C(C)N)C(=O)O. The number of nitrogens with two attached hydrogens (primary N) is 2. The zero-order valence-corrected chi connectivity index (χ0v) is 21.8. The quantitative estimate of drug-likeness (QED) is 0.170. The Balaban J connectivity index is 2.31. The summed E-state index contributed by atoms with van der Waals surface area (Å²) in [7, 11) is 0. The Labute approximate surface area is 217 Å². The van der Waals surface area contributed by atoms with Gasteiger partial charge in [-0.25, -0.2) is 4.79 Å². The molecule has 4 atom stereocenters. The highest BCUT2D eigenvalue weighted by atomic mass is 16.4. The second kappa shape index (κ2) is 14.3. The molecule has 11 heteroatoms. The van der Waals surface area contributed by atoms with Crippen molar-refractivity contribution in [2.24, 2.45) is 17.4 Å². The molecule has 11 nitrogen and oxygen atoms in total. The van der Waals surface area contributed by atoms with Gasteiger partial charge in [0.05, 0.1) is 6.04 Å². The molecule has 0 spiro atoms. The summed E-state index contributed by atoms with van der Waals surface area (Å²) in [4.78, 5) is 53.8. The van der Waals surface area contributed by atoms with Gasteiger partial charge in [0.2, 0.25) is 17.7 Å². The second-order valence-electron chi connectivity index (χ2n) is 9.79. The number of aliphatic carboxylic acids is 1.